The fourth-order valence-electron chi connectivity index (χ4n) is 2.83. The molecule has 9 heteroatoms. The number of nitrogens with zero attached hydrogens (tertiary/aromatic N) is 2. The number of thiazole rings is 1. The zero-order valence-electron chi connectivity index (χ0n) is 13.2. The highest BCUT2D eigenvalue weighted by Gasteiger charge is 2.41. The van der Waals surface area contributed by atoms with E-state index in [2.05, 4.69) is 10.3 Å². The molecule has 132 valence electrons. The third kappa shape index (κ3) is 3.19. The Hall–Kier alpha value is -1.84. The summed E-state index contributed by atoms with van der Waals surface area (Å²) in [6, 6.07) is 5.74. The highest BCUT2D eigenvalue weighted by atomic mass is 32.2. The topological polar surface area (TPSA) is 79.4 Å². The van der Waals surface area contributed by atoms with E-state index in [0.29, 0.717) is 24.6 Å². The van der Waals surface area contributed by atoms with Crippen molar-refractivity contribution in [3.63, 3.8) is 0 Å². The first-order valence-electron chi connectivity index (χ1n) is 7.98. The Balaban J connectivity index is 1.51. The van der Waals surface area contributed by atoms with Gasteiger partial charge in [-0.05, 0) is 25.0 Å². The molecular weight excluding hydrogens is 365 g/mol. The van der Waals surface area contributed by atoms with Crippen molar-refractivity contribution in [3.8, 4) is 0 Å². The molecule has 0 radical (unpaired) electrons. The molecule has 2 aromatic rings. The molecule has 1 aromatic carbocycles. The molecular formula is C16H16FN3O3S2. The largest absolute Gasteiger partial charge is 0.298 e. The second kappa shape index (κ2) is 6.15. The van der Waals surface area contributed by atoms with Gasteiger partial charge in [0.2, 0.25) is 10.0 Å². The number of amides is 1. The minimum absolute atomic E-state index is 0.0476. The number of anilines is 1. The molecule has 0 unspecified atom stereocenters. The van der Waals surface area contributed by atoms with E-state index >= 15 is 0 Å². The summed E-state index contributed by atoms with van der Waals surface area (Å²) in [7, 11) is -3.22. The Kier molecular flexibility index (Phi) is 4.09. The lowest BCUT2D eigenvalue weighted by Crippen LogP contribution is -2.37. The van der Waals surface area contributed by atoms with E-state index in [4.69, 9.17) is 0 Å². The van der Waals surface area contributed by atoms with E-state index in [0.717, 1.165) is 23.4 Å². The summed E-state index contributed by atoms with van der Waals surface area (Å²) < 4.78 is 39.9. The van der Waals surface area contributed by atoms with E-state index in [9.17, 15) is 17.6 Å². The zero-order valence-corrected chi connectivity index (χ0v) is 14.9. The molecule has 1 saturated carbocycles. The molecule has 0 atom stereocenters. The van der Waals surface area contributed by atoms with Crippen LogP contribution >= 0.6 is 11.3 Å². The van der Waals surface area contributed by atoms with Crippen LogP contribution in [0.15, 0.2) is 24.3 Å². The Morgan fingerprint density at radius 2 is 2.08 bits per heavy atom. The van der Waals surface area contributed by atoms with Crippen LogP contribution in [0.5, 0.6) is 0 Å². The molecule has 2 heterocycles. The number of aromatic nitrogens is 1. The van der Waals surface area contributed by atoms with Gasteiger partial charge in [0.15, 0.2) is 5.13 Å². The highest BCUT2D eigenvalue weighted by molar-refractivity contribution is 7.90. The number of hydrogen-bond acceptors (Lipinski definition) is 5. The van der Waals surface area contributed by atoms with Gasteiger partial charge >= 0.3 is 0 Å². The Bertz CT molecular complexity index is 938. The van der Waals surface area contributed by atoms with Crippen molar-refractivity contribution in [3.05, 3.63) is 46.2 Å². The molecule has 4 rings (SSSR count). The molecule has 0 spiro atoms. The molecule has 1 aromatic heterocycles. The molecule has 1 N–H and O–H groups in total. The van der Waals surface area contributed by atoms with Gasteiger partial charge in [-0.1, -0.05) is 12.1 Å². The minimum atomic E-state index is -3.22. The van der Waals surface area contributed by atoms with Crippen molar-refractivity contribution in [2.45, 2.75) is 31.1 Å². The number of carbonyl (C=O) groups excluding carboxylic acids is 1. The number of hydrogen-bond donors (Lipinski definition) is 1. The van der Waals surface area contributed by atoms with Gasteiger partial charge in [-0.15, -0.1) is 11.3 Å². The highest BCUT2D eigenvalue weighted by Crippen LogP contribution is 2.35. The summed E-state index contributed by atoms with van der Waals surface area (Å²) in [5.41, 5.74) is 0.754. The Morgan fingerprint density at radius 3 is 2.80 bits per heavy atom. The van der Waals surface area contributed by atoms with Crippen LogP contribution in [0.25, 0.3) is 0 Å². The smallest absolute Gasteiger partial charge is 0.260 e. The summed E-state index contributed by atoms with van der Waals surface area (Å²) in [4.78, 5) is 17.4. The Morgan fingerprint density at radius 1 is 1.32 bits per heavy atom. The van der Waals surface area contributed by atoms with Crippen LogP contribution < -0.4 is 5.32 Å². The van der Waals surface area contributed by atoms with Crippen LogP contribution in [0.3, 0.4) is 0 Å². The second-order valence-electron chi connectivity index (χ2n) is 6.15. The number of sulfonamides is 1. The van der Waals surface area contributed by atoms with Crippen LogP contribution in [0, 0.1) is 5.82 Å². The van der Waals surface area contributed by atoms with Crippen molar-refractivity contribution in [2.24, 2.45) is 0 Å². The van der Waals surface area contributed by atoms with Crippen molar-refractivity contribution in [1.82, 2.24) is 9.29 Å². The summed E-state index contributed by atoms with van der Waals surface area (Å²) >= 11 is 1.24. The maximum Gasteiger partial charge on any atom is 0.260 e. The molecule has 1 aliphatic carbocycles. The van der Waals surface area contributed by atoms with Crippen LogP contribution in [0.2, 0.25) is 0 Å². The normalized spacial score (nSPS) is 18.0. The minimum Gasteiger partial charge on any atom is -0.298 e. The van der Waals surface area contributed by atoms with Crippen LogP contribution in [-0.2, 0) is 23.0 Å². The first-order chi connectivity index (χ1) is 11.9. The van der Waals surface area contributed by atoms with Gasteiger partial charge in [-0.2, -0.15) is 4.31 Å². The van der Waals surface area contributed by atoms with E-state index in [1.54, 1.807) is 6.07 Å². The van der Waals surface area contributed by atoms with E-state index in [-0.39, 0.29) is 10.8 Å². The fraction of sp³-hybridized carbons (Fsp3) is 0.375. The van der Waals surface area contributed by atoms with Crippen LogP contribution in [-0.4, -0.2) is 35.4 Å². The predicted molar refractivity (Wildman–Crippen MR) is 92.5 cm³/mol. The van der Waals surface area contributed by atoms with Gasteiger partial charge < -0.3 is 0 Å². The van der Waals surface area contributed by atoms with Gasteiger partial charge in [-0.25, -0.2) is 17.8 Å². The fourth-order valence-corrected chi connectivity index (χ4v) is 5.74. The van der Waals surface area contributed by atoms with Gasteiger partial charge in [0.1, 0.15) is 5.82 Å². The number of carbonyl (C=O) groups is 1. The molecule has 1 aliphatic heterocycles. The molecule has 0 saturated heterocycles. The maximum atomic E-state index is 13.7. The second-order valence-corrected chi connectivity index (χ2v) is 9.45. The quantitative estimate of drug-likeness (QED) is 0.882. The third-order valence-electron chi connectivity index (χ3n) is 4.34. The zero-order chi connectivity index (χ0) is 17.6. The van der Waals surface area contributed by atoms with Crippen LogP contribution in [0.1, 0.15) is 33.8 Å². The molecule has 1 fully saturated rings. The van der Waals surface area contributed by atoms with Gasteiger partial charge in [-0.3, -0.25) is 10.1 Å². The third-order valence-corrected chi connectivity index (χ3v) is 7.68. The van der Waals surface area contributed by atoms with Crippen molar-refractivity contribution < 1.29 is 17.6 Å². The average Bonchev–Trinajstić information content (AvgIpc) is 3.36. The summed E-state index contributed by atoms with van der Waals surface area (Å²) in [5.74, 6) is -1.16. The SMILES string of the molecule is O=C(Nc1nc2c(s1)CN(S(=O)(=O)C1CC1)CC2)c1ccccc1F. The van der Waals surface area contributed by atoms with E-state index in [1.165, 1.54) is 33.8 Å². The number of rotatable bonds is 4. The number of benzene rings is 1. The number of halogens is 1. The van der Waals surface area contributed by atoms with Gasteiger partial charge in [0.05, 0.1) is 16.5 Å². The van der Waals surface area contributed by atoms with Gasteiger partial charge in [0, 0.05) is 24.4 Å². The predicted octanol–water partition coefficient (Wildman–Crippen LogP) is 2.38. The van der Waals surface area contributed by atoms with E-state index in [1.807, 2.05) is 0 Å². The average molecular weight is 381 g/mol. The maximum absolute atomic E-state index is 13.7. The summed E-state index contributed by atoms with van der Waals surface area (Å²) in [5, 5.41) is 2.74. The molecule has 2 aliphatic rings. The number of nitrogens with one attached hydrogen (secondary N) is 1. The first-order valence-corrected chi connectivity index (χ1v) is 10.3. The van der Waals surface area contributed by atoms with Crippen molar-refractivity contribution >= 4 is 32.4 Å². The van der Waals surface area contributed by atoms with E-state index < -0.39 is 21.7 Å². The van der Waals surface area contributed by atoms with Crippen molar-refractivity contribution in [1.29, 1.82) is 0 Å². The molecule has 25 heavy (non-hydrogen) atoms. The lowest BCUT2D eigenvalue weighted by atomic mass is 10.2. The van der Waals surface area contributed by atoms with Crippen molar-refractivity contribution in [2.75, 3.05) is 11.9 Å². The lowest BCUT2D eigenvalue weighted by molar-refractivity contribution is 0.102. The molecule has 1 amide bonds. The van der Waals surface area contributed by atoms with Crippen LogP contribution in [0.4, 0.5) is 9.52 Å². The summed E-state index contributed by atoms with van der Waals surface area (Å²) in [6.07, 6.45) is 1.99. The number of fused-ring (bicyclic) bond motifs is 1. The standard InChI is InChI=1S/C16H16FN3O3S2/c17-12-4-2-1-3-11(12)15(21)19-16-18-13-7-8-20(9-14(13)24-16)25(22,23)10-5-6-10/h1-4,10H,5-9H2,(H,18,19,21). The Labute approximate surface area is 148 Å². The lowest BCUT2D eigenvalue weighted by Gasteiger charge is -2.25. The molecule has 0 bridgehead atoms. The monoisotopic (exact) mass is 381 g/mol. The molecule has 6 nitrogen and oxygen atoms in total. The summed E-state index contributed by atoms with van der Waals surface area (Å²) in [6.45, 7) is 0.706. The van der Waals surface area contributed by atoms with Gasteiger partial charge in [0.25, 0.3) is 5.91 Å². The first kappa shape index (κ1) is 16.6.